The molecule has 0 aliphatic heterocycles. The van der Waals surface area contributed by atoms with Gasteiger partial charge >= 0.3 is 5.97 Å². The number of ether oxygens (including phenoxy) is 2. The van der Waals surface area contributed by atoms with E-state index in [1.165, 1.54) is 7.11 Å². The van der Waals surface area contributed by atoms with Gasteiger partial charge in [-0.2, -0.15) is 0 Å². The van der Waals surface area contributed by atoms with E-state index < -0.39 is 11.6 Å². The third-order valence-corrected chi connectivity index (χ3v) is 2.17. The van der Waals surface area contributed by atoms with Crippen molar-refractivity contribution in [2.24, 2.45) is 0 Å². The number of methoxy groups -OCH3 is 1. The highest BCUT2D eigenvalue weighted by Gasteiger charge is 2.18. The molecule has 104 valence electrons. The van der Waals surface area contributed by atoms with Crippen LogP contribution in [0, 0.1) is 0 Å². The van der Waals surface area contributed by atoms with Gasteiger partial charge in [0.1, 0.15) is 17.9 Å². The van der Waals surface area contributed by atoms with Crippen LogP contribution in [0.1, 0.15) is 31.1 Å². The number of carbonyl (C=O) groups excluding carboxylic acids is 2. The molecule has 0 aliphatic rings. The van der Waals surface area contributed by atoms with E-state index in [1.807, 2.05) is 20.8 Å². The molecule has 0 aromatic heterocycles. The van der Waals surface area contributed by atoms with E-state index in [2.05, 4.69) is 10.1 Å². The van der Waals surface area contributed by atoms with Crippen LogP contribution in [0.3, 0.4) is 0 Å². The quantitative estimate of drug-likeness (QED) is 0.843. The van der Waals surface area contributed by atoms with Gasteiger partial charge in [-0.15, -0.1) is 0 Å². The smallest absolute Gasteiger partial charge is 0.325 e. The molecule has 0 unspecified atom stereocenters. The highest BCUT2D eigenvalue weighted by molar-refractivity contribution is 5.98. The van der Waals surface area contributed by atoms with Crippen molar-refractivity contribution in [2.45, 2.75) is 26.4 Å². The standard InChI is InChI=1S/C14H19NO4/c1-14(2,3)19-11-8-6-5-7-10(11)13(17)15-9-12(16)18-4/h5-8H,9H2,1-4H3,(H,15,17). The first-order valence-corrected chi connectivity index (χ1v) is 5.96. The van der Waals surface area contributed by atoms with Crippen molar-refractivity contribution in [1.82, 2.24) is 5.32 Å². The molecule has 1 aromatic carbocycles. The molecular formula is C14H19NO4. The van der Waals surface area contributed by atoms with Crippen LogP contribution in [-0.2, 0) is 9.53 Å². The van der Waals surface area contributed by atoms with Gasteiger partial charge in [0.25, 0.3) is 5.91 Å². The molecule has 0 saturated heterocycles. The van der Waals surface area contributed by atoms with Crippen molar-refractivity contribution < 1.29 is 19.1 Å². The number of nitrogens with one attached hydrogen (secondary N) is 1. The van der Waals surface area contributed by atoms with Crippen molar-refractivity contribution in [3.8, 4) is 5.75 Å². The number of rotatable bonds is 4. The van der Waals surface area contributed by atoms with Gasteiger partial charge in [-0.25, -0.2) is 0 Å². The van der Waals surface area contributed by atoms with Crippen molar-refractivity contribution >= 4 is 11.9 Å². The van der Waals surface area contributed by atoms with Crippen LogP contribution in [0.5, 0.6) is 5.75 Å². The predicted octanol–water partition coefficient (Wildman–Crippen LogP) is 1.77. The molecule has 1 aromatic rings. The first-order valence-electron chi connectivity index (χ1n) is 5.96. The third kappa shape index (κ3) is 4.99. The van der Waals surface area contributed by atoms with E-state index in [0.29, 0.717) is 11.3 Å². The summed E-state index contributed by atoms with van der Waals surface area (Å²) in [4.78, 5) is 23.0. The number of benzene rings is 1. The molecule has 0 radical (unpaired) electrons. The molecule has 1 N–H and O–H groups in total. The van der Waals surface area contributed by atoms with Gasteiger partial charge in [-0.1, -0.05) is 12.1 Å². The van der Waals surface area contributed by atoms with Crippen LogP contribution < -0.4 is 10.1 Å². The van der Waals surface area contributed by atoms with Crippen molar-refractivity contribution in [3.05, 3.63) is 29.8 Å². The van der Waals surface area contributed by atoms with E-state index in [9.17, 15) is 9.59 Å². The number of carbonyl (C=O) groups is 2. The van der Waals surface area contributed by atoms with Crippen LogP contribution in [0.25, 0.3) is 0 Å². The number of esters is 1. The lowest BCUT2D eigenvalue weighted by Gasteiger charge is -2.22. The normalized spacial score (nSPS) is 10.7. The summed E-state index contributed by atoms with van der Waals surface area (Å²) in [6, 6.07) is 6.90. The first kappa shape index (κ1) is 15.0. The fraction of sp³-hybridized carbons (Fsp3) is 0.429. The molecule has 0 saturated carbocycles. The maximum atomic E-state index is 12.0. The molecule has 5 heteroatoms. The number of hydrogen-bond acceptors (Lipinski definition) is 4. The van der Waals surface area contributed by atoms with Crippen LogP contribution in [-0.4, -0.2) is 31.1 Å². The van der Waals surface area contributed by atoms with Crippen LogP contribution >= 0.6 is 0 Å². The fourth-order valence-electron chi connectivity index (χ4n) is 1.39. The van der Waals surface area contributed by atoms with E-state index in [1.54, 1.807) is 24.3 Å². The summed E-state index contributed by atoms with van der Waals surface area (Å²) in [5, 5.41) is 2.48. The van der Waals surface area contributed by atoms with Gasteiger partial charge < -0.3 is 14.8 Å². The zero-order valence-electron chi connectivity index (χ0n) is 11.6. The Balaban J connectivity index is 2.82. The van der Waals surface area contributed by atoms with Gasteiger partial charge in [0.05, 0.1) is 12.7 Å². The topological polar surface area (TPSA) is 64.6 Å². The lowest BCUT2D eigenvalue weighted by molar-refractivity contribution is -0.139. The second-order valence-corrected chi connectivity index (χ2v) is 4.97. The maximum Gasteiger partial charge on any atom is 0.325 e. The van der Waals surface area contributed by atoms with E-state index in [4.69, 9.17) is 4.74 Å². The number of para-hydroxylation sites is 1. The SMILES string of the molecule is COC(=O)CNC(=O)c1ccccc1OC(C)(C)C. The fourth-order valence-corrected chi connectivity index (χ4v) is 1.39. The Kier molecular flexibility index (Phi) is 4.92. The Morgan fingerprint density at radius 3 is 2.42 bits per heavy atom. The molecule has 5 nitrogen and oxygen atoms in total. The minimum atomic E-state index is -0.498. The van der Waals surface area contributed by atoms with E-state index in [0.717, 1.165) is 0 Å². The van der Waals surface area contributed by atoms with Crippen molar-refractivity contribution in [2.75, 3.05) is 13.7 Å². The summed E-state index contributed by atoms with van der Waals surface area (Å²) >= 11 is 0. The van der Waals surface area contributed by atoms with E-state index in [-0.39, 0.29) is 12.5 Å². The highest BCUT2D eigenvalue weighted by atomic mass is 16.5. The summed E-state index contributed by atoms with van der Waals surface area (Å²) in [6.07, 6.45) is 0. The predicted molar refractivity (Wildman–Crippen MR) is 71.2 cm³/mol. The molecule has 0 heterocycles. The monoisotopic (exact) mass is 265 g/mol. The highest BCUT2D eigenvalue weighted by Crippen LogP contribution is 2.22. The molecule has 0 aliphatic carbocycles. The average molecular weight is 265 g/mol. The van der Waals surface area contributed by atoms with Crippen molar-refractivity contribution in [3.63, 3.8) is 0 Å². The summed E-state index contributed by atoms with van der Waals surface area (Å²) < 4.78 is 10.2. The Labute approximate surface area is 112 Å². The number of amides is 1. The largest absolute Gasteiger partial charge is 0.487 e. The second-order valence-electron chi connectivity index (χ2n) is 4.97. The lowest BCUT2D eigenvalue weighted by Crippen LogP contribution is -2.31. The minimum absolute atomic E-state index is 0.167. The minimum Gasteiger partial charge on any atom is -0.487 e. The Bertz CT molecular complexity index is 463. The summed E-state index contributed by atoms with van der Waals surface area (Å²) in [5.74, 6) is -0.384. The van der Waals surface area contributed by atoms with Gasteiger partial charge in [-0.05, 0) is 32.9 Å². The average Bonchev–Trinajstić information content (AvgIpc) is 2.34. The zero-order valence-corrected chi connectivity index (χ0v) is 11.6. The van der Waals surface area contributed by atoms with Crippen LogP contribution in [0.15, 0.2) is 24.3 Å². The Morgan fingerprint density at radius 2 is 1.84 bits per heavy atom. The zero-order chi connectivity index (χ0) is 14.5. The third-order valence-electron chi connectivity index (χ3n) is 2.17. The first-order chi connectivity index (χ1) is 8.83. The van der Waals surface area contributed by atoms with Gasteiger partial charge in [0.2, 0.25) is 0 Å². The Hall–Kier alpha value is -2.04. The van der Waals surface area contributed by atoms with Gasteiger partial charge in [0.15, 0.2) is 0 Å². The van der Waals surface area contributed by atoms with Gasteiger partial charge in [0, 0.05) is 0 Å². The number of hydrogen-bond donors (Lipinski definition) is 1. The summed E-state index contributed by atoms with van der Waals surface area (Å²) in [7, 11) is 1.27. The molecular weight excluding hydrogens is 246 g/mol. The molecule has 1 rings (SSSR count). The van der Waals surface area contributed by atoms with E-state index >= 15 is 0 Å². The summed E-state index contributed by atoms with van der Waals surface area (Å²) in [5.41, 5.74) is -0.0139. The molecule has 0 bridgehead atoms. The van der Waals surface area contributed by atoms with Gasteiger partial charge in [-0.3, -0.25) is 9.59 Å². The Morgan fingerprint density at radius 1 is 1.21 bits per heavy atom. The van der Waals surface area contributed by atoms with Crippen molar-refractivity contribution in [1.29, 1.82) is 0 Å². The molecule has 0 atom stereocenters. The maximum absolute atomic E-state index is 12.0. The molecule has 0 fully saturated rings. The van der Waals surface area contributed by atoms with Crippen LogP contribution in [0.2, 0.25) is 0 Å². The molecule has 0 spiro atoms. The molecule has 19 heavy (non-hydrogen) atoms. The molecule has 1 amide bonds. The second kappa shape index (κ2) is 6.22. The lowest BCUT2D eigenvalue weighted by atomic mass is 10.1. The van der Waals surface area contributed by atoms with Crippen LogP contribution in [0.4, 0.5) is 0 Å². The summed E-state index contributed by atoms with van der Waals surface area (Å²) in [6.45, 7) is 5.53.